The normalized spacial score (nSPS) is 14.2. The molecule has 3 aromatic heterocycles. The number of hydrogen-bond donors (Lipinski definition) is 1. The standard InChI is InChI=1S/C22H23N7O3/c1-2-31-22(30)28-10-8-27(9-11-28)16-6-3-5-15(13-16)17-14-19-25-20(18-7-4-12-32-18)26-29(19)21(23)24-17/h3-7,12-14H,2,8-11H2,1H3,(H2,23,24). The van der Waals surface area contributed by atoms with Gasteiger partial charge < -0.3 is 24.7 Å². The van der Waals surface area contributed by atoms with Gasteiger partial charge in [-0.2, -0.15) is 4.52 Å². The molecule has 164 valence electrons. The minimum absolute atomic E-state index is 0.247. The fraction of sp³-hybridized carbons (Fsp3) is 0.273. The molecule has 32 heavy (non-hydrogen) atoms. The number of hydrogen-bond acceptors (Lipinski definition) is 8. The minimum Gasteiger partial charge on any atom is -0.461 e. The average molecular weight is 433 g/mol. The molecule has 0 unspecified atom stereocenters. The number of nitrogen functional groups attached to an aromatic ring is 1. The molecule has 1 aliphatic rings. The summed E-state index contributed by atoms with van der Waals surface area (Å²) in [5.41, 5.74) is 9.45. The van der Waals surface area contributed by atoms with Gasteiger partial charge in [0, 0.05) is 43.5 Å². The maximum absolute atomic E-state index is 11.9. The van der Waals surface area contributed by atoms with Crippen molar-refractivity contribution in [2.24, 2.45) is 0 Å². The van der Waals surface area contributed by atoms with E-state index in [0.717, 1.165) is 24.3 Å². The molecule has 1 amide bonds. The first-order chi connectivity index (χ1) is 15.6. The SMILES string of the molecule is CCOC(=O)N1CCN(c2cccc(-c3cc4nc(-c5ccco5)nn4c(N)n3)c2)CC1. The second-order valence-corrected chi connectivity index (χ2v) is 7.41. The average Bonchev–Trinajstić information content (AvgIpc) is 3.50. The highest BCUT2D eigenvalue weighted by molar-refractivity contribution is 5.71. The van der Waals surface area contributed by atoms with E-state index >= 15 is 0 Å². The van der Waals surface area contributed by atoms with Crippen LogP contribution in [0.4, 0.5) is 16.4 Å². The van der Waals surface area contributed by atoms with Crippen molar-refractivity contribution < 1.29 is 13.9 Å². The first-order valence-electron chi connectivity index (χ1n) is 10.5. The van der Waals surface area contributed by atoms with Crippen LogP contribution in [0.5, 0.6) is 0 Å². The Balaban J connectivity index is 1.39. The lowest BCUT2D eigenvalue weighted by atomic mass is 10.1. The number of aromatic nitrogens is 4. The van der Waals surface area contributed by atoms with Gasteiger partial charge in [0.15, 0.2) is 11.4 Å². The molecule has 0 atom stereocenters. The van der Waals surface area contributed by atoms with Crippen LogP contribution >= 0.6 is 0 Å². The fourth-order valence-corrected chi connectivity index (χ4v) is 3.79. The number of fused-ring (bicyclic) bond motifs is 1. The van der Waals surface area contributed by atoms with Crippen molar-refractivity contribution in [3.05, 3.63) is 48.7 Å². The molecule has 4 heterocycles. The molecule has 1 aromatic carbocycles. The first kappa shape index (κ1) is 19.9. The summed E-state index contributed by atoms with van der Waals surface area (Å²) in [5.74, 6) is 1.27. The summed E-state index contributed by atoms with van der Waals surface area (Å²) in [6, 6.07) is 13.5. The number of nitrogens with two attached hydrogens (primary N) is 1. The third-order valence-corrected chi connectivity index (χ3v) is 5.40. The third kappa shape index (κ3) is 3.70. The van der Waals surface area contributed by atoms with Crippen molar-refractivity contribution in [2.45, 2.75) is 6.92 Å². The van der Waals surface area contributed by atoms with E-state index in [0.29, 0.717) is 42.6 Å². The zero-order chi connectivity index (χ0) is 22.1. The fourth-order valence-electron chi connectivity index (χ4n) is 3.79. The molecule has 0 saturated carbocycles. The molecule has 2 N–H and O–H groups in total. The predicted octanol–water partition coefficient (Wildman–Crippen LogP) is 2.91. The van der Waals surface area contributed by atoms with E-state index < -0.39 is 0 Å². The molecule has 1 saturated heterocycles. The lowest BCUT2D eigenvalue weighted by Gasteiger charge is -2.35. The highest BCUT2D eigenvalue weighted by Gasteiger charge is 2.22. The number of piperazine rings is 1. The van der Waals surface area contributed by atoms with E-state index in [9.17, 15) is 4.79 Å². The van der Waals surface area contributed by atoms with Gasteiger partial charge in [-0.1, -0.05) is 12.1 Å². The number of nitrogens with zero attached hydrogens (tertiary/aromatic N) is 6. The summed E-state index contributed by atoms with van der Waals surface area (Å²) >= 11 is 0. The van der Waals surface area contributed by atoms with Gasteiger partial charge in [-0.05, 0) is 31.2 Å². The van der Waals surface area contributed by atoms with Gasteiger partial charge in [-0.3, -0.25) is 0 Å². The number of furan rings is 1. The first-order valence-corrected chi connectivity index (χ1v) is 10.5. The highest BCUT2D eigenvalue weighted by atomic mass is 16.6. The molecule has 0 aliphatic carbocycles. The second kappa shape index (κ2) is 8.22. The maximum Gasteiger partial charge on any atom is 0.409 e. The summed E-state index contributed by atoms with van der Waals surface area (Å²) in [7, 11) is 0. The molecule has 1 fully saturated rings. The molecule has 10 heteroatoms. The van der Waals surface area contributed by atoms with E-state index in [-0.39, 0.29) is 12.0 Å². The number of carbonyl (C=O) groups excluding carboxylic acids is 1. The Labute approximate surface area is 184 Å². The predicted molar refractivity (Wildman–Crippen MR) is 119 cm³/mol. The second-order valence-electron chi connectivity index (χ2n) is 7.41. The molecular formula is C22H23N7O3. The monoisotopic (exact) mass is 433 g/mol. The Kier molecular flexibility index (Phi) is 5.10. The van der Waals surface area contributed by atoms with E-state index in [2.05, 4.69) is 32.1 Å². The van der Waals surface area contributed by atoms with Crippen molar-refractivity contribution in [3.8, 4) is 22.8 Å². The van der Waals surface area contributed by atoms with Gasteiger partial charge >= 0.3 is 6.09 Å². The van der Waals surface area contributed by atoms with Crippen LogP contribution in [0.25, 0.3) is 28.5 Å². The van der Waals surface area contributed by atoms with Crippen molar-refractivity contribution >= 4 is 23.4 Å². The highest BCUT2D eigenvalue weighted by Crippen LogP contribution is 2.27. The quantitative estimate of drug-likeness (QED) is 0.522. The van der Waals surface area contributed by atoms with Crippen LogP contribution in [0.3, 0.4) is 0 Å². The van der Waals surface area contributed by atoms with Crippen molar-refractivity contribution in [3.63, 3.8) is 0 Å². The van der Waals surface area contributed by atoms with Crippen LogP contribution < -0.4 is 10.6 Å². The summed E-state index contributed by atoms with van der Waals surface area (Å²) in [4.78, 5) is 25.0. The number of ether oxygens (including phenoxy) is 1. The van der Waals surface area contributed by atoms with Crippen molar-refractivity contribution in [1.82, 2.24) is 24.5 Å². The zero-order valence-electron chi connectivity index (χ0n) is 17.6. The van der Waals surface area contributed by atoms with Gasteiger partial charge in [-0.25, -0.2) is 14.8 Å². The largest absolute Gasteiger partial charge is 0.461 e. The van der Waals surface area contributed by atoms with Crippen LogP contribution in [0.2, 0.25) is 0 Å². The Bertz CT molecular complexity index is 1240. The zero-order valence-corrected chi connectivity index (χ0v) is 17.6. The van der Waals surface area contributed by atoms with Crippen LogP contribution in [0, 0.1) is 0 Å². The van der Waals surface area contributed by atoms with E-state index in [1.165, 1.54) is 4.52 Å². The topological polar surface area (TPSA) is 115 Å². The van der Waals surface area contributed by atoms with Crippen LogP contribution in [-0.2, 0) is 4.74 Å². The lowest BCUT2D eigenvalue weighted by Crippen LogP contribution is -2.49. The molecule has 10 nitrogen and oxygen atoms in total. The minimum atomic E-state index is -0.254. The smallest absolute Gasteiger partial charge is 0.409 e. The lowest BCUT2D eigenvalue weighted by molar-refractivity contribution is 0.105. The Morgan fingerprint density at radius 3 is 2.72 bits per heavy atom. The molecule has 0 radical (unpaired) electrons. The summed E-state index contributed by atoms with van der Waals surface area (Å²) < 4.78 is 12.0. The molecular weight excluding hydrogens is 410 g/mol. The van der Waals surface area contributed by atoms with E-state index in [1.807, 2.05) is 25.1 Å². The Hall–Kier alpha value is -4.08. The number of benzene rings is 1. The number of amides is 1. The van der Waals surface area contributed by atoms with Gasteiger partial charge in [-0.15, -0.1) is 5.10 Å². The third-order valence-electron chi connectivity index (χ3n) is 5.40. The van der Waals surface area contributed by atoms with Crippen LogP contribution in [0.1, 0.15) is 6.92 Å². The van der Waals surface area contributed by atoms with Crippen LogP contribution in [-0.4, -0.2) is 63.4 Å². The van der Waals surface area contributed by atoms with Crippen LogP contribution in [0.15, 0.2) is 53.1 Å². The van der Waals surface area contributed by atoms with Gasteiger partial charge in [0.2, 0.25) is 11.8 Å². The Morgan fingerprint density at radius 1 is 1.12 bits per heavy atom. The number of carbonyl (C=O) groups is 1. The molecule has 1 aliphatic heterocycles. The van der Waals surface area contributed by atoms with Gasteiger partial charge in [0.05, 0.1) is 18.6 Å². The Morgan fingerprint density at radius 2 is 1.97 bits per heavy atom. The summed E-state index contributed by atoms with van der Waals surface area (Å²) in [5, 5.41) is 4.39. The number of rotatable bonds is 4. The molecule has 4 aromatic rings. The molecule has 0 bridgehead atoms. The maximum atomic E-state index is 11.9. The van der Waals surface area contributed by atoms with E-state index in [4.69, 9.17) is 14.9 Å². The summed E-state index contributed by atoms with van der Waals surface area (Å²) in [6.07, 6.45) is 1.32. The number of anilines is 2. The van der Waals surface area contributed by atoms with Gasteiger partial charge in [0.1, 0.15) is 0 Å². The summed E-state index contributed by atoms with van der Waals surface area (Å²) in [6.45, 7) is 4.90. The molecule has 0 spiro atoms. The molecule has 5 rings (SSSR count). The van der Waals surface area contributed by atoms with E-state index in [1.54, 1.807) is 23.3 Å². The van der Waals surface area contributed by atoms with Crippen molar-refractivity contribution in [1.29, 1.82) is 0 Å². The van der Waals surface area contributed by atoms with Crippen molar-refractivity contribution in [2.75, 3.05) is 43.4 Å². The van der Waals surface area contributed by atoms with Gasteiger partial charge in [0.25, 0.3) is 0 Å².